The van der Waals surface area contributed by atoms with Gasteiger partial charge in [-0.1, -0.05) is 70.6 Å². The molecule has 0 heterocycles. The van der Waals surface area contributed by atoms with Crippen LogP contribution in [0.5, 0.6) is 11.5 Å². The number of benzene rings is 2. The molecule has 0 aromatic heterocycles. The van der Waals surface area contributed by atoms with Gasteiger partial charge in [-0.15, -0.1) is 0 Å². The predicted molar refractivity (Wildman–Crippen MR) is 174 cm³/mol. The number of rotatable bonds is 14. The second kappa shape index (κ2) is 16.8. The largest absolute Gasteiger partial charge is 0.491 e. The number of hydrogen-bond donors (Lipinski definition) is 0. The summed E-state index contributed by atoms with van der Waals surface area (Å²) >= 11 is 29.1. The van der Waals surface area contributed by atoms with Gasteiger partial charge in [0.05, 0.1) is 31.1 Å². The highest BCUT2D eigenvalue weighted by Crippen LogP contribution is 2.41. The number of ether oxygens (including phenoxy) is 2. The fourth-order valence-electron chi connectivity index (χ4n) is 3.24. The molecule has 0 spiro atoms. The molecule has 2 aromatic carbocycles. The van der Waals surface area contributed by atoms with Crippen molar-refractivity contribution in [2.75, 3.05) is 23.9 Å². The van der Waals surface area contributed by atoms with Crippen molar-refractivity contribution in [3.8, 4) is 11.5 Å². The minimum Gasteiger partial charge on any atom is -0.491 e. The normalized spacial score (nSPS) is 14.0. The zero-order chi connectivity index (χ0) is 25.3. The van der Waals surface area contributed by atoms with Crippen LogP contribution in [0, 0.1) is 0 Å². The Kier molecular flexibility index (Phi) is 15.8. The molecular weight excluding hydrogens is 959 g/mol. The van der Waals surface area contributed by atoms with Crippen LogP contribution in [0.2, 0.25) is 0 Å². The van der Waals surface area contributed by atoms with E-state index in [9.17, 15) is 0 Å². The summed E-state index contributed by atoms with van der Waals surface area (Å²) in [4.78, 5) is 0.949. The summed E-state index contributed by atoms with van der Waals surface area (Å²) in [6.07, 6.45) is 4.10. The molecule has 0 aliphatic rings. The van der Waals surface area contributed by atoms with Crippen LogP contribution in [0.15, 0.2) is 42.2 Å². The zero-order valence-corrected chi connectivity index (χ0v) is 31.2. The maximum Gasteiger partial charge on any atom is 0.147 e. The maximum atomic E-state index is 6.06. The van der Waals surface area contributed by atoms with Gasteiger partial charge in [0, 0.05) is 26.2 Å². The minimum absolute atomic E-state index is 0.185. The second-order valence-corrected chi connectivity index (χ2v) is 15.1. The average molecular weight is 986 g/mol. The number of halogens is 8. The van der Waals surface area contributed by atoms with Crippen LogP contribution in [0.4, 0.5) is 0 Å². The first-order valence-corrected chi connectivity index (χ1v) is 18.1. The molecule has 2 aromatic rings. The average Bonchev–Trinajstić information content (AvgIpc) is 2.80. The van der Waals surface area contributed by atoms with Crippen LogP contribution in [-0.2, 0) is 0 Å². The van der Waals surface area contributed by atoms with E-state index < -0.39 is 0 Å². The monoisotopic (exact) mass is 978 g/mol. The van der Waals surface area contributed by atoms with Gasteiger partial charge in [-0.3, -0.25) is 0 Å². The first kappa shape index (κ1) is 32.1. The van der Waals surface area contributed by atoms with Crippen molar-refractivity contribution >= 4 is 127 Å². The van der Waals surface area contributed by atoms with Crippen LogP contribution < -0.4 is 9.47 Å². The summed E-state index contributed by atoms with van der Waals surface area (Å²) in [6.45, 7) is 3.56. The fourth-order valence-corrected chi connectivity index (χ4v) is 7.44. The van der Waals surface area contributed by atoms with Crippen molar-refractivity contribution in [3.63, 3.8) is 0 Å². The topological polar surface area (TPSA) is 18.5 Å². The lowest BCUT2D eigenvalue weighted by Crippen LogP contribution is -2.06. The molecule has 34 heavy (non-hydrogen) atoms. The molecule has 0 bridgehead atoms. The highest BCUT2D eigenvalue weighted by molar-refractivity contribution is 9.12. The number of hydrogen-bond acceptors (Lipinski definition) is 2. The Labute approximate surface area is 270 Å². The van der Waals surface area contributed by atoms with E-state index in [1.807, 2.05) is 0 Å². The van der Waals surface area contributed by atoms with E-state index in [0.717, 1.165) is 65.7 Å². The van der Waals surface area contributed by atoms with Gasteiger partial charge < -0.3 is 9.47 Å². The summed E-state index contributed by atoms with van der Waals surface area (Å²) in [5, 5.41) is 1.89. The molecule has 2 nitrogen and oxygen atoms in total. The predicted octanol–water partition coefficient (Wildman–Crippen LogP) is 11.5. The summed E-state index contributed by atoms with van der Waals surface area (Å²) in [5.41, 5.74) is 2.38. The van der Waals surface area contributed by atoms with Crippen molar-refractivity contribution in [1.29, 1.82) is 0 Å². The van der Waals surface area contributed by atoms with Gasteiger partial charge in [0.2, 0.25) is 0 Å². The van der Waals surface area contributed by atoms with E-state index in [1.54, 1.807) is 0 Å². The van der Waals surface area contributed by atoms with Gasteiger partial charge in [0.15, 0.2) is 0 Å². The molecule has 0 aliphatic heterocycles. The molecule has 2 atom stereocenters. The molecular formula is C24H26Br8O2. The first-order valence-electron chi connectivity index (χ1n) is 10.8. The lowest BCUT2D eigenvalue weighted by Gasteiger charge is -2.19. The lowest BCUT2D eigenvalue weighted by molar-refractivity contribution is 0.303. The van der Waals surface area contributed by atoms with Crippen molar-refractivity contribution in [3.05, 3.63) is 53.3 Å². The third-order valence-corrected chi connectivity index (χ3v) is 12.4. The van der Waals surface area contributed by atoms with Crippen LogP contribution in [0.25, 0.3) is 0 Å². The minimum atomic E-state index is 0.185. The Morgan fingerprint density at radius 3 is 1.26 bits per heavy atom. The molecule has 10 heteroatoms. The summed E-state index contributed by atoms with van der Waals surface area (Å²) in [6, 6.07) is 8.57. The molecule has 0 aliphatic carbocycles. The smallest absolute Gasteiger partial charge is 0.147 e. The van der Waals surface area contributed by atoms with Gasteiger partial charge in [0.25, 0.3) is 0 Å². The van der Waals surface area contributed by atoms with Crippen molar-refractivity contribution in [2.24, 2.45) is 0 Å². The Bertz CT molecular complexity index is 804. The highest BCUT2D eigenvalue weighted by atomic mass is 79.9. The molecule has 0 radical (unpaired) electrons. The van der Waals surface area contributed by atoms with E-state index in [-0.39, 0.29) is 5.92 Å². The second-order valence-electron chi connectivity index (χ2n) is 7.83. The molecule has 0 amide bonds. The lowest BCUT2D eigenvalue weighted by atomic mass is 9.93. The highest BCUT2D eigenvalue weighted by Gasteiger charge is 2.18. The zero-order valence-electron chi connectivity index (χ0n) is 18.5. The van der Waals surface area contributed by atoms with Crippen LogP contribution in [0.3, 0.4) is 0 Å². The summed E-state index contributed by atoms with van der Waals surface area (Å²) in [7, 11) is 0. The standard InChI is InChI=1S/C24H26Br8O2/c1-14(15-8-19(29)23(20(30)9-15)33-6-2-4-17(27)12-25)16-10-21(31)24(22(32)11-16)34-7-3-5-18(28)13-26/h8-11,14,17-18H,2-7,12-13H2,1H3. The maximum absolute atomic E-state index is 6.06. The van der Waals surface area contributed by atoms with Crippen molar-refractivity contribution in [2.45, 2.75) is 48.2 Å². The van der Waals surface area contributed by atoms with Crippen molar-refractivity contribution in [1.82, 2.24) is 0 Å². The van der Waals surface area contributed by atoms with Crippen LogP contribution in [0.1, 0.15) is 49.7 Å². The summed E-state index contributed by atoms with van der Waals surface area (Å²) < 4.78 is 15.9. The van der Waals surface area contributed by atoms with Gasteiger partial charge in [0.1, 0.15) is 11.5 Å². The number of alkyl halides is 4. The Hall–Kier alpha value is 1.88. The van der Waals surface area contributed by atoms with E-state index in [1.165, 1.54) is 11.1 Å². The molecule has 2 unspecified atom stereocenters. The van der Waals surface area contributed by atoms with Gasteiger partial charge >= 0.3 is 0 Å². The van der Waals surface area contributed by atoms with E-state index in [0.29, 0.717) is 22.9 Å². The van der Waals surface area contributed by atoms with Crippen LogP contribution >= 0.6 is 127 Å². The molecule has 0 N–H and O–H groups in total. The van der Waals surface area contributed by atoms with Crippen molar-refractivity contribution < 1.29 is 9.47 Å². The fraction of sp³-hybridized carbons (Fsp3) is 0.500. The molecule has 190 valence electrons. The molecule has 0 saturated heterocycles. The Balaban J connectivity index is 2.07. The molecule has 0 fully saturated rings. The molecule has 2 rings (SSSR count). The molecule has 0 saturated carbocycles. The van der Waals surface area contributed by atoms with E-state index in [4.69, 9.17) is 9.47 Å². The SMILES string of the molecule is CC(c1cc(Br)c(OCCCC(Br)CBr)c(Br)c1)c1cc(Br)c(OCCCC(Br)CBr)c(Br)c1. The van der Waals surface area contributed by atoms with Crippen LogP contribution in [-0.4, -0.2) is 33.5 Å². The quantitative estimate of drug-likeness (QED) is 0.139. The third-order valence-electron chi connectivity index (χ3n) is 5.19. The van der Waals surface area contributed by atoms with Gasteiger partial charge in [-0.2, -0.15) is 0 Å². The Morgan fingerprint density at radius 2 is 0.971 bits per heavy atom. The van der Waals surface area contributed by atoms with Gasteiger partial charge in [-0.25, -0.2) is 0 Å². The van der Waals surface area contributed by atoms with E-state index in [2.05, 4.69) is 159 Å². The first-order chi connectivity index (χ1) is 16.2. The summed E-state index contributed by atoms with van der Waals surface area (Å²) in [5.74, 6) is 1.87. The van der Waals surface area contributed by atoms with Gasteiger partial charge in [-0.05, 0) is 125 Å². The third kappa shape index (κ3) is 10.2. The Morgan fingerprint density at radius 1 is 0.647 bits per heavy atom. The van der Waals surface area contributed by atoms with E-state index >= 15 is 0 Å².